The molecule has 0 saturated heterocycles. The average molecular weight is 316 g/mol. The Morgan fingerprint density at radius 3 is 2.39 bits per heavy atom. The summed E-state index contributed by atoms with van der Waals surface area (Å²) in [6.07, 6.45) is 0. The van der Waals surface area contributed by atoms with E-state index in [4.69, 9.17) is 9.47 Å². The first-order chi connectivity index (χ1) is 11.0. The average Bonchev–Trinajstić information content (AvgIpc) is 2.54. The molecule has 6 heteroatoms. The van der Waals surface area contributed by atoms with E-state index in [-0.39, 0.29) is 10.6 Å². The van der Waals surface area contributed by atoms with E-state index in [2.05, 4.69) is 0 Å². The molecular weight excluding hydrogens is 296 g/mol. The summed E-state index contributed by atoms with van der Waals surface area (Å²) in [6, 6.07) is 12.5. The molecule has 0 aliphatic rings. The Morgan fingerprint density at radius 2 is 1.74 bits per heavy atom. The Kier molecular flexibility index (Phi) is 5.54. The van der Waals surface area contributed by atoms with Gasteiger partial charge in [-0.3, -0.25) is 15.0 Å². The van der Waals surface area contributed by atoms with Gasteiger partial charge in [0, 0.05) is 24.7 Å². The van der Waals surface area contributed by atoms with Gasteiger partial charge in [-0.2, -0.15) is 0 Å². The van der Waals surface area contributed by atoms with E-state index in [9.17, 15) is 10.1 Å². The molecule has 0 saturated carbocycles. The molecule has 0 fully saturated rings. The minimum atomic E-state index is -0.348. The fourth-order valence-electron chi connectivity index (χ4n) is 2.46. The van der Waals surface area contributed by atoms with Crippen molar-refractivity contribution in [1.29, 1.82) is 0 Å². The van der Waals surface area contributed by atoms with Crippen molar-refractivity contribution >= 4 is 5.69 Å². The van der Waals surface area contributed by atoms with Crippen LogP contribution in [0.1, 0.15) is 11.1 Å². The quantitative estimate of drug-likeness (QED) is 0.579. The summed E-state index contributed by atoms with van der Waals surface area (Å²) in [7, 11) is 5.12. The number of para-hydroxylation sites is 1. The molecule has 0 aliphatic heterocycles. The van der Waals surface area contributed by atoms with Crippen LogP contribution in [0.4, 0.5) is 5.69 Å². The lowest BCUT2D eigenvalue weighted by molar-refractivity contribution is -0.385. The highest BCUT2D eigenvalue weighted by Gasteiger charge is 2.14. The normalized spacial score (nSPS) is 10.6. The maximum atomic E-state index is 11.1. The molecule has 6 nitrogen and oxygen atoms in total. The van der Waals surface area contributed by atoms with E-state index in [0.717, 1.165) is 5.56 Å². The SMILES string of the molecule is COc1ccc(CN(C)Cc2ccccc2[N+](=O)[O-])cc1OC. The smallest absolute Gasteiger partial charge is 0.273 e. The summed E-state index contributed by atoms with van der Waals surface area (Å²) in [6.45, 7) is 1.14. The van der Waals surface area contributed by atoms with Crippen LogP contribution in [-0.4, -0.2) is 31.1 Å². The predicted molar refractivity (Wildman–Crippen MR) is 87.8 cm³/mol. The fraction of sp³-hybridized carbons (Fsp3) is 0.294. The van der Waals surface area contributed by atoms with Gasteiger partial charge in [-0.05, 0) is 24.7 Å². The van der Waals surface area contributed by atoms with E-state index in [1.54, 1.807) is 26.4 Å². The molecule has 0 aromatic heterocycles. The molecular formula is C17H20N2O4. The van der Waals surface area contributed by atoms with Crippen LogP contribution in [0.2, 0.25) is 0 Å². The lowest BCUT2D eigenvalue weighted by atomic mass is 10.1. The number of methoxy groups -OCH3 is 2. The van der Waals surface area contributed by atoms with Crippen LogP contribution in [0, 0.1) is 10.1 Å². The zero-order valence-corrected chi connectivity index (χ0v) is 13.5. The highest BCUT2D eigenvalue weighted by molar-refractivity contribution is 5.43. The molecule has 2 aromatic carbocycles. The third-order valence-electron chi connectivity index (χ3n) is 3.53. The number of benzene rings is 2. The number of nitrogens with zero attached hydrogens (tertiary/aromatic N) is 2. The second kappa shape index (κ2) is 7.60. The van der Waals surface area contributed by atoms with Gasteiger partial charge in [-0.25, -0.2) is 0 Å². The van der Waals surface area contributed by atoms with Gasteiger partial charge in [0.25, 0.3) is 5.69 Å². The lowest BCUT2D eigenvalue weighted by Crippen LogP contribution is -2.18. The minimum absolute atomic E-state index is 0.145. The van der Waals surface area contributed by atoms with Crippen LogP contribution in [0.25, 0.3) is 0 Å². The number of rotatable bonds is 7. The Balaban J connectivity index is 2.11. The maximum absolute atomic E-state index is 11.1. The standard InChI is InChI=1S/C17H20N2O4/c1-18(12-14-6-4-5-7-15(14)19(20)21)11-13-8-9-16(22-2)17(10-13)23-3/h4-10H,11-12H2,1-3H3. The molecule has 2 rings (SSSR count). The summed E-state index contributed by atoms with van der Waals surface area (Å²) in [5.74, 6) is 1.35. The van der Waals surface area contributed by atoms with E-state index >= 15 is 0 Å². The summed E-state index contributed by atoms with van der Waals surface area (Å²) < 4.78 is 10.5. The van der Waals surface area contributed by atoms with Crippen LogP contribution >= 0.6 is 0 Å². The number of ether oxygens (including phenoxy) is 2. The predicted octanol–water partition coefficient (Wildman–Crippen LogP) is 3.24. The minimum Gasteiger partial charge on any atom is -0.493 e. The third-order valence-corrected chi connectivity index (χ3v) is 3.53. The topological polar surface area (TPSA) is 64.8 Å². The highest BCUT2D eigenvalue weighted by atomic mass is 16.6. The van der Waals surface area contributed by atoms with Crippen molar-refractivity contribution < 1.29 is 14.4 Å². The monoisotopic (exact) mass is 316 g/mol. The van der Waals surface area contributed by atoms with E-state index in [1.807, 2.05) is 36.2 Å². The van der Waals surface area contributed by atoms with Crippen molar-refractivity contribution in [3.8, 4) is 11.5 Å². The van der Waals surface area contributed by atoms with Gasteiger partial charge in [0.1, 0.15) is 0 Å². The van der Waals surface area contributed by atoms with E-state index in [0.29, 0.717) is 30.2 Å². The fourth-order valence-corrected chi connectivity index (χ4v) is 2.46. The first kappa shape index (κ1) is 16.8. The molecule has 0 unspecified atom stereocenters. The summed E-state index contributed by atoms with van der Waals surface area (Å²) in [4.78, 5) is 12.7. The van der Waals surface area contributed by atoms with Crippen LogP contribution in [0.3, 0.4) is 0 Å². The zero-order chi connectivity index (χ0) is 16.8. The van der Waals surface area contributed by atoms with Crippen LogP contribution < -0.4 is 9.47 Å². The lowest BCUT2D eigenvalue weighted by Gasteiger charge is -2.18. The number of hydrogen-bond acceptors (Lipinski definition) is 5. The van der Waals surface area contributed by atoms with Crippen LogP contribution in [0.5, 0.6) is 11.5 Å². The van der Waals surface area contributed by atoms with Crippen molar-refractivity contribution in [2.45, 2.75) is 13.1 Å². The first-order valence-electron chi connectivity index (χ1n) is 7.17. The number of nitro groups is 1. The molecule has 0 bridgehead atoms. The molecule has 0 amide bonds. The molecule has 0 atom stereocenters. The molecule has 0 heterocycles. The van der Waals surface area contributed by atoms with Gasteiger partial charge >= 0.3 is 0 Å². The molecule has 23 heavy (non-hydrogen) atoms. The van der Waals surface area contributed by atoms with E-state index in [1.165, 1.54) is 6.07 Å². The van der Waals surface area contributed by atoms with Crippen molar-refractivity contribution in [3.05, 3.63) is 63.7 Å². The second-order valence-electron chi connectivity index (χ2n) is 5.25. The van der Waals surface area contributed by atoms with Gasteiger partial charge < -0.3 is 9.47 Å². The Hall–Kier alpha value is -2.60. The molecule has 0 aliphatic carbocycles. The first-order valence-corrected chi connectivity index (χ1v) is 7.17. The summed E-state index contributed by atoms with van der Waals surface area (Å²) in [5.41, 5.74) is 1.89. The largest absolute Gasteiger partial charge is 0.493 e. The van der Waals surface area contributed by atoms with Gasteiger partial charge in [0.05, 0.1) is 19.1 Å². The molecule has 2 aromatic rings. The Bertz CT molecular complexity index is 688. The Morgan fingerprint density at radius 1 is 1.04 bits per heavy atom. The summed E-state index contributed by atoms with van der Waals surface area (Å²) in [5, 5.41) is 11.1. The third kappa shape index (κ3) is 4.20. The van der Waals surface area contributed by atoms with Crippen molar-refractivity contribution in [2.24, 2.45) is 0 Å². The van der Waals surface area contributed by atoms with Crippen molar-refractivity contribution in [2.75, 3.05) is 21.3 Å². The van der Waals surface area contributed by atoms with Crippen molar-refractivity contribution in [3.63, 3.8) is 0 Å². The molecule has 122 valence electrons. The van der Waals surface area contributed by atoms with Crippen LogP contribution in [0.15, 0.2) is 42.5 Å². The molecule has 0 spiro atoms. The van der Waals surface area contributed by atoms with Crippen LogP contribution in [-0.2, 0) is 13.1 Å². The molecule has 0 radical (unpaired) electrons. The van der Waals surface area contributed by atoms with Crippen molar-refractivity contribution in [1.82, 2.24) is 4.90 Å². The second-order valence-corrected chi connectivity index (χ2v) is 5.25. The number of nitro benzene ring substituents is 1. The van der Waals surface area contributed by atoms with Gasteiger partial charge in [0.2, 0.25) is 0 Å². The number of hydrogen-bond donors (Lipinski definition) is 0. The van der Waals surface area contributed by atoms with Gasteiger partial charge in [-0.1, -0.05) is 24.3 Å². The Labute approximate surface area is 135 Å². The summed E-state index contributed by atoms with van der Waals surface area (Å²) >= 11 is 0. The highest BCUT2D eigenvalue weighted by Crippen LogP contribution is 2.28. The molecule has 0 N–H and O–H groups in total. The van der Waals surface area contributed by atoms with Gasteiger partial charge in [0.15, 0.2) is 11.5 Å². The zero-order valence-electron chi connectivity index (χ0n) is 13.5. The van der Waals surface area contributed by atoms with Gasteiger partial charge in [-0.15, -0.1) is 0 Å². The maximum Gasteiger partial charge on any atom is 0.273 e. The van der Waals surface area contributed by atoms with E-state index < -0.39 is 0 Å².